The van der Waals surface area contributed by atoms with Crippen molar-refractivity contribution < 1.29 is 13.9 Å². The van der Waals surface area contributed by atoms with Gasteiger partial charge in [-0.15, -0.1) is 0 Å². The van der Waals surface area contributed by atoms with Crippen molar-refractivity contribution in [3.8, 4) is 11.5 Å². The van der Waals surface area contributed by atoms with Gasteiger partial charge in [0, 0.05) is 29.6 Å². The molecule has 0 spiro atoms. The van der Waals surface area contributed by atoms with Gasteiger partial charge < -0.3 is 13.9 Å². The minimum absolute atomic E-state index is 0.0814. The second-order valence-corrected chi connectivity index (χ2v) is 7.29. The number of para-hydroxylation sites is 2. The number of benzene rings is 2. The van der Waals surface area contributed by atoms with Gasteiger partial charge in [0.2, 0.25) is 0 Å². The lowest BCUT2D eigenvalue weighted by Crippen LogP contribution is -2.39. The zero-order chi connectivity index (χ0) is 19.0. The summed E-state index contributed by atoms with van der Waals surface area (Å²) in [5.41, 5.74) is 1.95. The van der Waals surface area contributed by atoms with Gasteiger partial charge in [-0.2, -0.15) is 0 Å². The smallest absolute Gasteiger partial charge is 0.336 e. The third kappa shape index (κ3) is 3.80. The minimum atomic E-state index is -0.362. The Hall–Kier alpha value is -2.50. The van der Waals surface area contributed by atoms with Crippen LogP contribution in [0.3, 0.4) is 0 Å². The number of fused-ring (bicyclic) bond motifs is 2. The van der Waals surface area contributed by atoms with Crippen molar-refractivity contribution >= 4 is 22.6 Å². The molecule has 3 aromatic rings. The quantitative estimate of drug-likeness (QED) is 0.635. The third-order valence-corrected chi connectivity index (χ3v) is 5.04. The number of nitrogens with zero attached hydrogens (tertiary/aromatic N) is 1. The molecule has 1 aliphatic rings. The van der Waals surface area contributed by atoms with E-state index in [-0.39, 0.29) is 11.7 Å². The average Bonchev–Trinajstić information content (AvgIpc) is 2.63. The van der Waals surface area contributed by atoms with E-state index in [4.69, 9.17) is 25.5 Å². The minimum Gasteiger partial charge on any atom is -0.486 e. The normalized spacial score (nSPS) is 16.1. The molecular formula is C21H20ClNO4. The standard InChI is InChI=1S/C21H20ClNO4/c1-13-7-20-16(9-17(13)22)14(8-21(24)27-20)10-23(2)11-15-12-25-18-5-3-4-6-19(18)26-15/h3-9,15H,10-12H2,1-2H3/t15-/m1/s1. The van der Waals surface area contributed by atoms with Crippen molar-refractivity contribution in [3.63, 3.8) is 0 Å². The maximum atomic E-state index is 11.9. The van der Waals surface area contributed by atoms with Crippen LogP contribution < -0.4 is 15.1 Å². The highest BCUT2D eigenvalue weighted by molar-refractivity contribution is 6.32. The van der Waals surface area contributed by atoms with Crippen molar-refractivity contribution in [1.29, 1.82) is 0 Å². The van der Waals surface area contributed by atoms with Crippen LogP contribution in [0.15, 0.2) is 51.7 Å². The Labute approximate surface area is 162 Å². The molecule has 2 heterocycles. The van der Waals surface area contributed by atoms with E-state index in [2.05, 4.69) is 4.90 Å². The number of likely N-dealkylation sites (N-methyl/N-ethyl adjacent to an activating group) is 1. The van der Waals surface area contributed by atoms with E-state index in [0.717, 1.165) is 28.0 Å². The lowest BCUT2D eigenvalue weighted by atomic mass is 10.1. The molecule has 1 aliphatic heterocycles. The van der Waals surface area contributed by atoms with Gasteiger partial charge >= 0.3 is 5.63 Å². The van der Waals surface area contributed by atoms with Crippen LogP contribution in [0.4, 0.5) is 0 Å². The Bertz CT molecular complexity index is 1050. The van der Waals surface area contributed by atoms with E-state index in [0.29, 0.717) is 30.3 Å². The van der Waals surface area contributed by atoms with Crippen LogP contribution >= 0.6 is 11.6 Å². The van der Waals surface area contributed by atoms with Gasteiger partial charge in [0.25, 0.3) is 0 Å². The topological polar surface area (TPSA) is 51.9 Å². The largest absolute Gasteiger partial charge is 0.486 e. The zero-order valence-electron chi connectivity index (χ0n) is 15.2. The summed E-state index contributed by atoms with van der Waals surface area (Å²) in [4.78, 5) is 14.0. The first-order valence-electron chi connectivity index (χ1n) is 8.79. The molecule has 2 aromatic carbocycles. The summed E-state index contributed by atoms with van der Waals surface area (Å²) in [6.07, 6.45) is -0.0814. The molecule has 0 saturated carbocycles. The highest BCUT2D eigenvalue weighted by Gasteiger charge is 2.22. The predicted molar refractivity (Wildman–Crippen MR) is 105 cm³/mol. The average molecular weight is 386 g/mol. The Kier molecular flexibility index (Phi) is 4.81. The zero-order valence-corrected chi connectivity index (χ0v) is 16.0. The highest BCUT2D eigenvalue weighted by atomic mass is 35.5. The summed E-state index contributed by atoms with van der Waals surface area (Å²) < 4.78 is 17.1. The molecule has 0 amide bonds. The van der Waals surface area contributed by atoms with Crippen LogP contribution in [0.25, 0.3) is 11.0 Å². The molecule has 0 saturated heterocycles. The molecule has 0 bridgehead atoms. The van der Waals surface area contributed by atoms with Crippen LogP contribution in [0.2, 0.25) is 5.02 Å². The second-order valence-electron chi connectivity index (χ2n) is 6.88. The maximum Gasteiger partial charge on any atom is 0.336 e. The van der Waals surface area contributed by atoms with E-state index in [1.807, 2.05) is 44.3 Å². The van der Waals surface area contributed by atoms with Crippen LogP contribution in [0.1, 0.15) is 11.1 Å². The van der Waals surface area contributed by atoms with Crippen LogP contribution in [0, 0.1) is 6.92 Å². The van der Waals surface area contributed by atoms with Gasteiger partial charge in [-0.3, -0.25) is 4.90 Å². The highest BCUT2D eigenvalue weighted by Crippen LogP contribution is 2.31. The summed E-state index contributed by atoms with van der Waals surface area (Å²) in [6.45, 7) is 3.61. The van der Waals surface area contributed by atoms with Crippen molar-refractivity contribution in [1.82, 2.24) is 4.90 Å². The van der Waals surface area contributed by atoms with E-state index in [1.165, 1.54) is 6.07 Å². The van der Waals surface area contributed by atoms with Gasteiger partial charge in [0.15, 0.2) is 11.5 Å². The summed E-state index contributed by atoms with van der Waals surface area (Å²) in [5.74, 6) is 1.53. The summed E-state index contributed by atoms with van der Waals surface area (Å²) in [5, 5.41) is 1.50. The molecule has 0 N–H and O–H groups in total. The number of hydrogen-bond donors (Lipinski definition) is 0. The first kappa shape index (κ1) is 17.9. The number of rotatable bonds is 4. The lowest BCUT2D eigenvalue weighted by Gasteiger charge is -2.29. The molecule has 6 heteroatoms. The summed E-state index contributed by atoms with van der Waals surface area (Å²) in [7, 11) is 1.99. The summed E-state index contributed by atoms with van der Waals surface area (Å²) in [6, 6.07) is 12.8. The van der Waals surface area contributed by atoms with Crippen molar-refractivity contribution in [2.24, 2.45) is 0 Å². The molecule has 0 fully saturated rings. The van der Waals surface area contributed by atoms with Gasteiger partial charge in [-0.1, -0.05) is 23.7 Å². The van der Waals surface area contributed by atoms with E-state index in [1.54, 1.807) is 6.07 Å². The SMILES string of the molecule is Cc1cc2oc(=O)cc(CN(C)C[C@@H]3COc4ccccc4O3)c2cc1Cl. The molecule has 0 aliphatic carbocycles. The molecule has 4 rings (SSSR count). The van der Waals surface area contributed by atoms with Crippen LogP contribution in [0.5, 0.6) is 11.5 Å². The molecular weight excluding hydrogens is 366 g/mol. The fraction of sp³-hybridized carbons (Fsp3) is 0.286. The molecule has 1 aromatic heterocycles. The fourth-order valence-electron chi connectivity index (χ4n) is 3.34. The van der Waals surface area contributed by atoms with Gasteiger partial charge in [-0.25, -0.2) is 4.79 Å². The maximum absolute atomic E-state index is 11.9. The number of ether oxygens (including phenoxy) is 2. The second kappa shape index (κ2) is 7.25. The van der Waals surface area contributed by atoms with Crippen LogP contribution in [-0.4, -0.2) is 31.2 Å². The van der Waals surface area contributed by atoms with Crippen LogP contribution in [-0.2, 0) is 6.54 Å². The summed E-state index contributed by atoms with van der Waals surface area (Å²) >= 11 is 6.27. The molecule has 27 heavy (non-hydrogen) atoms. The molecule has 1 atom stereocenters. The molecule has 140 valence electrons. The van der Waals surface area contributed by atoms with Crippen molar-refractivity contribution in [2.45, 2.75) is 19.6 Å². The fourth-order valence-corrected chi connectivity index (χ4v) is 3.50. The van der Waals surface area contributed by atoms with E-state index in [9.17, 15) is 4.79 Å². The van der Waals surface area contributed by atoms with Gasteiger partial charge in [0.1, 0.15) is 18.3 Å². The molecule has 5 nitrogen and oxygen atoms in total. The first-order valence-corrected chi connectivity index (χ1v) is 9.17. The Morgan fingerprint density at radius 1 is 1.19 bits per heavy atom. The Morgan fingerprint density at radius 3 is 2.78 bits per heavy atom. The third-order valence-electron chi connectivity index (χ3n) is 4.63. The van der Waals surface area contributed by atoms with E-state index >= 15 is 0 Å². The lowest BCUT2D eigenvalue weighted by molar-refractivity contribution is 0.0639. The Balaban J connectivity index is 1.52. The van der Waals surface area contributed by atoms with E-state index < -0.39 is 0 Å². The van der Waals surface area contributed by atoms with Crippen molar-refractivity contribution in [2.75, 3.05) is 20.2 Å². The first-order chi connectivity index (χ1) is 13.0. The number of aryl methyl sites for hydroxylation is 1. The van der Waals surface area contributed by atoms with Gasteiger partial charge in [-0.05, 0) is 49.4 Å². The number of halogens is 1. The number of hydrogen-bond acceptors (Lipinski definition) is 5. The van der Waals surface area contributed by atoms with Crippen molar-refractivity contribution in [3.05, 3.63) is 69.0 Å². The van der Waals surface area contributed by atoms with Gasteiger partial charge in [0.05, 0.1) is 0 Å². The molecule has 0 unspecified atom stereocenters. The predicted octanol–water partition coefficient (Wildman–Crippen LogP) is 4.03. The Morgan fingerprint density at radius 2 is 1.96 bits per heavy atom. The molecule has 0 radical (unpaired) electrons. The monoisotopic (exact) mass is 385 g/mol.